The topological polar surface area (TPSA) is 41.6 Å². The predicted octanol–water partition coefficient (Wildman–Crippen LogP) is 2.04. The molecule has 0 aliphatic carbocycles. The molecule has 0 aromatic rings. The van der Waals surface area contributed by atoms with Crippen molar-refractivity contribution in [3.63, 3.8) is 0 Å². The molecule has 1 unspecified atom stereocenters. The van der Waals surface area contributed by atoms with E-state index >= 15 is 0 Å². The van der Waals surface area contributed by atoms with Crippen LogP contribution in [0.5, 0.6) is 0 Å². The normalized spacial score (nSPS) is 19.1. The van der Waals surface area contributed by atoms with Crippen molar-refractivity contribution in [2.45, 2.75) is 52.0 Å². The third-order valence-corrected chi connectivity index (χ3v) is 4.17. The summed E-state index contributed by atoms with van der Waals surface area (Å²) in [6, 6.07) is 0.365. The zero-order chi connectivity index (χ0) is 14.1. The van der Waals surface area contributed by atoms with Gasteiger partial charge in [-0.1, -0.05) is 13.8 Å². The van der Waals surface area contributed by atoms with Gasteiger partial charge in [-0.25, -0.2) is 0 Å². The molecular weight excluding hydrogens is 240 g/mol. The Balaban J connectivity index is 2.44. The van der Waals surface area contributed by atoms with Crippen molar-refractivity contribution in [1.29, 1.82) is 0 Å². The monoisotopic (exact) mass is 270 g/mol. The highest BCUT2D eigenvalue weighted by molar-refractivity contribution is 5.76. The van der Waals surface area contributed by atoms with Gasteiger partial charge in [0.1, 0.15) is 0 Å². The van der Waals surface area contributed by atoms with E-state index in [9.17, 15) is 4.79 Å². The number of ether oxygens (including phenoxy) is 1. The third-order valence-electron chi connectivity index (χ3n) is 4.17. The molecule has 0 spiro atoms. The van der Waals surface area contributed by atoms with E-state index in [4.69, 9.17) is 4.74 Å². The number of carbonyl (C=O) groups excluding carboxylic acids is 1. The maximum Gasteiger partial charge on any atom is 0.222 e. The Morgan fingerprint density at radius 1 is 1.42 bits per heavy atom. The summed E-state index contributed by atoms with van der Waals surface area (Å²) < 4.78 is 5.14. The van der Waals surface area contributed by atoms with Crippen molar-refractivity contribution in [3.05, 3.63) is 0 Å². The fraction of sp³-hybridized carbons (Fsp3) is 0.933. The van der Waals surface area contributed by atoms with E-state index in [1.165, 1.54) is 6.42 Å². The average Bonchev–Trinajstić information content (AvgIpc) is 2.94. The molecule has 0 saturated carbocycles. The third kappa shape index (κ3) is 5.49. The quantitative estimate of drug-likeness (QED) is 0.697. The summed E-state index contributed by atoms with van der Waals surface area (Å²) in [6.45, 7) is 7.86. The lowest BCUT2D eigenvalue weighted by atomic mass is 10.0. The van der Waals surface area contributed by atoms with Crippen LogP contribution in [0.2, 0.25) is 0 Å². The maximum atomic E-state index is 12.4. The van der Waals surface area contributed by atoms with Crippen molar-refractivity contribution in [2.24, 2.45) is 5.92 Å². The van der Waals surface area contributed by atoms with Crippen molar-refractivity contribution < 1.29 is 9.53 Å². The maximum absolute atomic E-state index is 12.4. The second-order valence-corrected chi connectivity index (χ2v) is 5.45. The van der Waals surface area contributed by atoms with Gasteiger partial charge in [-0.2, -0.15) is 0 Å². The molecule has 1 aliphatic rings. The molecule has 1 amide bonds. The molecule has 1 saturated heterocycles. The highest BCUT2D eigenvalue weighted by atomic mass is 16.5. The van der Waals surface area contributed by atoms with Crippen LogP contribution in [0, 0.1) is 5.92 Å². The first kappa shape index (κ1) is 16.4. The SMILES string of the molecule is CCC(CC)N(CCOC)C(=O)CCC1CCNC1. The molecule has 0 aromatic heterocycles. The van der Waals surface area contributed by atoms with Gasteiger partial charge in [-0.15, -0.1) is 0 Å². The molecule has 112 valence electrons. The number of methoxy groups -OCH3 is 1. The van der Waals surface area contributed by atoms with E-state index in [2.05, 4.69) is 19.2 Å². The molecule has 0 bridgehead atoms. The number of nitrogens with zero attached hydrogens (tertiary/aromatic N) is 1. The summed E-state index contributed by atoms with van der Waals surface area (Å²) >= 11 is 0. The Bertz CT molecular complexity index is 249. The minimum Gasteiger partial charge on any atom is -0.383 e. The molecule has 1 heterocycles. The van der Waals surface area contributed by atoms with Crippen LogP contribution >= 0.6 is 0 Å². The van der Waals surface area contributed by atoms with Crippen LogP contribution in [0.4, 0.5) is 0 Å². The fourth-order valence-electron chi connectivity index (χ4n) is 2.86. The van der Waals surface area contributed by atoms with Gasteiger partial charge in [0.05, 0.1) is 6.61 Å². The molecule has 1 fully saturated rings. The van der Waals surface area contributed by atoms with E-state index in [1.807, 2.05) is 4.90 Å². The average molecular weight is 270 g/mol. The van der Waals surface area contributed by atoms with E-state index in [1.54, 1.807) is 7.11 Å². The smallest absolute Gasteiger partial charge is 0.222 e. The van der Waals surface area contributed by atoms with E-state index in [-0.39, 0.29) is 0 Å². The number of rotatable bonds is 9. The Morgan fingerprint density at radius 2 is 2.16 bits per heavy atom. The summed E-state index contributed by atoms with van der Waals surface area (Å²) in [5.74, 6) is 0.993. The summed E-state index contributed by atoms with van der Waals surface area (Å²) in [7, 11) is 1.69. The van der Waals surface area contributed by atoms with Gasteiger partial charge in [0.25, 0.3) is 0 Å². The van der Waals surface area contributed by atoms with Crippen molar-refractivity contribution in [1.82, 2.24) is 10.2 Å². The highest BCUT2D eigenvalue weighted by Gasteiger charge is 2.22. The van der Waals surface area contributed by atoms with Crippen LogP contribution < -0.4 is 5.32 Å². The van der Waals surface area contributed by atoms with Crippen molar-refractivity contribution >= 4 is 5.91 Å². The van der Waals surface area contributed by atoms with Crippen LogP contribution in [0.15, 0.2) is 0 Å². The molecule has 1 aliphatic heterocycles. The lowest BCUT2D eigenvalue weighted by molar-refractivity contribution is -0.134. The molecule has 1 N–H and O–H groups in total. The minimum atomic E-state index is 0.303. The summed E-state index contributed by atoms with van der Waals surface area (Å²) in [5.41, 5.74) is 0. The second-order valence-electron chi connectivity index (χ2n) is 5.45. The molecule has 1 atom stereocenters. The van der Waals surface area contributed by atoms with Gasteiger partial charge in [-0.05, 0) is 44.7 Å². The lowest BCUT2D eigenvalue weighted by Gasteiger charge is -2.30. The Hall–Kier alpha value is -0.610. The van der Waals surface area contributed by atoms with E-state index in [0.29, 0.717) is 30.9 Å². The number of carbonyl (C=O) groups is 1. The molecule has 19 heavy (non-hydrogen) atoms. The standard InChI is InChI=1S/C15H30N2O2/c1-4-14(5-2)17(10-11-19-3)15(18)7-6-13-8-9-16-12-13/h13-14,16H,4-12H2,1-3H3. The van der Waals surface area contributed by atoms with Crippen LogP contribution in [-0.4, -0.2) is 50.2 Å². The van der Waals surface area contributed by atoms with Gasteiger partial charge in [-0.3, -0.25) is 4.79 Å². The number of hydrogen-bond acceptors (Lipinski definition) is 3. The molecule has 0 radical (unpaired) electrons. The molecule has 4 nitrogen and oxygen atoms in total. The van der Waals surface area contributed by atoms with Gasteiger partial charge in [0.2, 0.25) is 5.91 Å². The van der Waals surface area contributed by atoms with Gasteiger partial charge in [0.15, 0.2) is 0 Å². The first-order chi connectivity index (χ1) is 9.22. The Morgan fingerprint density at radius 3 is 2.68 bits per heavy atom. The fourth-order valence-corrected chi connectivity index (χ4v) is 2.86. The largest absolute Gasteiger partial charge is 0.383 e. The number of nitrogens with one attached hydrogen (secondary N) is 1. The van der Waals surface area contributed by atoms with Crippen LogP contribution in [0.1, 0.15) is 46.0 Å². The van der Waals surface area contributed by atoms with Gasteiger partial charge in [0, 0.05) is 26.1 Å². The van der Waals surface area contributed by atoms with Crippen LogP contribution in [0.3, 0.4) is 0 Å². The van der Waals surface area contributed by atoms with Crippen molar-refractivity contribution in [3.8, 4) is 0 Å². The number of amides is 1. The highest BCUT2D eigenvalue weighted by Crippen LogP contribution is 2.17. The van der Waals surface area contributed by atoms with Crippen LogP contribution in [-0.2, 0) is 9.53 Å². The second kappa shape index (κ2) is 9.32. The van der Waals surface area contributed by atoms with Gasteiger partial charge >= 0.3 is 0 Å². The Labute approximate surface area is 117 Å². The zero-order valence-corrected chi connectivity index (χ0v) is 12.8. The van der Waals surface area contributed by atoms with E-state index in [0.717, 1.165) is 38.9 Å². The first-order valence-electron chi connectivity index (χ1n) is 7.72. The summed E-state index contributed by atoms with van der Waals surface area (Å²) in [4.78, 5) is 14.4. The van der Waals surface area contributed by atoms with Crippen molar-refractivity contribution in [2.75, 3.05) is 33.4 Å². The van der Waals surface area contributed by atoms with Crippen LogP contribution in [0.25, 0.3) is 0 Å². The first-order valence-corrected chi connectivity index (χ1v) is 7.72. The molecular formula is C15H30N2O2. The Kier molecular flexibility index (Phi) is 8.07. The zero-order valence-electron chi connectivity index (χ0n) is 12.8. The summed E-state index contributed by atoms with van der Waals surface area (Å²) in [6.07, 6.45) is 4.98. The lowest BCUT2D eigenvalue weighted by Crippen LogP contribution is -2.41. The predicted molar refractivity (Wildman–Crippen MR) is 78.2 cm³/mol. The van der Waals surface area contributed by atoms with E-state index < -0.39 is 0 Å². The molecule has 1 rings (SSSR count). The molecule has 4 heteroatoms. The molecule has 0 aromatic carbocycles. The number of hydrogen-bond donors (Lipinski definition) is 1. The minimum absolute atomic E-state index is 0.303. The van der Waals surface area contributed by atoms with Gasteiger partial charge < -0.3 is 15.0 Å². The summed E-state index contributed by atoms with van der Waals surface area (Å²) in [5, 5.41) is 3.36.